The Hall–Kier alpha value is -0.900. The lowest BCUT2D eigenvalue weighted by Gasteiger charge is -2.39. The molecule has 3 nitrogen and oxygen atoms in total. The normalized spacial score (nSPS) is 27.6. The minimum absolute atomic E-state index is 0.758. The van der Waals surface area contributed by atoms with E-state index in [1.54, 1.807) is 11.1 Å². The van der Waals surface area contributed by atoms with Crippen molar-refractivity contribution >= 4 is 0 Å². The Kier molecular flexibility index (Phi) is 4.70. The molecule has 4 rings (SSSR count). The topological polar surface area (TPSA) is 9.72 Å². The fraction of sp³-hybridized carbons (Fsp3) is 0.700. The zero-order valence-electron chi connectivity index (χ0n) is 14.6. The Morgan fingerprint density at radius 3 is 2.30 bits per heavy atom. The summed E-state index contributed by atoms with van der Waals surface area (Å²) in [6.45, 7) is 11.2. The summed E-state index contributed by atoms with van der Waals surface area (Å²) in [6.07, 6.45) is 5.34. The maximum absolute atomic E-state index is 2.75. The van der Waals surface area contributed by atoms with Gasteiger partial charge in [0, 0.05) is 44.8 Å². The molecule has 0 amide bonds. The van der Waals surface area contributed by atoms with Crippen molar-refractivity contribution in [3.05, 3.63) is 35.4 Å². The number of piperazine rings is 1. The number of benzene rings is 1. The number of hydrogen-bond donors (Lipinski definition) is 0. The van der Waals surface area contributed by atoms with Gasteiger partial charge in [0.25, 0.3) is 0 Å². The molecule has 1 aliphatic carbocycles. The van der Waals surface area contributed by atoms with Crippen molar-refractivity contribution in [1.29, 1.82) is 0 Å². The van der Waals surface area contributed by atoms with Crippen molar-refractivity contribution in [2.45, 2.75) is 44.7 Å². The molecule has 0 bridgehead atoms. The van der Waals surface area contributed by atoms with E-state index in [0.717, 1.165) is 12.1 Å². The fourth-order valence-corrected chi connectivity index (χ4v) is 4.92. The molecule has 1 aromatic carbocycles. The summed E-state index contributed by atoms with van der Waals surface area (Å²) < 4.78 is 0. The Labute approximate surface area is 141 Å². The summed E-state index contributed by atoms with van der Waals surface area (Å²) in [5.41, 5.74) is 3.17. The summed E-state index contributed by atoms with van der Waals surface area (Å²) >= 11 is 0. The molecule has 2 heterocycles. The van der Waals surface area contributed by atoms with E-state index in [2.05, 4.69) is 45.9 Å². The molecule has 2 aliphatic heterocycles. The lowest BCUT2D eigenvalue weighted by molar-refractivity contribution is 0.0809. The number of nitrogens with zero attached hydrogens (tertiary/aromatic N) is 3. The van der Waals surface area contributed by atoms with Gasteiger partial charge in [-0.2, -0.15) is 0 Å². The first-order chi connectivity index (χ1) is 11.3. The summed E-state index contributed by atoms with van der Waals surface area (Å²) in [5, 5.41) is 0. The maximum Gasteiger partial charge on any atom is 0.0223 e. The predicted molar refractivity (Wildman–Crippen MR) is 95.9 cm³/mol. The highest BCUT2D eigenvalue weighted by atomic mass is 15.3. The minimum Gasteiger partial charge on any atom is -0.299 e. The summed E-state index contributed by atoms with van der Waals surface area (Å²) in [4.78, 5) is 8.15. The SMILES string of the molecule is CCN1CCCC1CN1CCN(C2Cc3ccccc3C2)CC1. The molecular weight excluding hydrogens is 282 g/mol. The van der Waals surface area contributed by atoms with Crippen molar-refractivity contribution in [3.8, 4) is 0 Å². The Morgan fingerprint density at radius 1 is 0.957 bits per heavy atom. The standard InChI is InChI=1S/C20H31N3/c1-2-22-9-5-8-19(22)16-21-10-12-23(13-11-21)20-14-17-6-3-4-7-18(17)15-20/h3-4,6-7,19-20H,2,5,8-16H2,1H3. The molecule has 126 valence electrons. The van der Waals surface area contributed by atoms with Crippen molar-refractivity contribution in [3.63, 3.8) is 0 Å². The van der Waals surface area contributed by atoms with Crippen LogP contribution in [0.1, 0.15) is 30.9 Å². The lowest BCUT2D eigenvalue weighted by Crippen LogP contribution is -2.53. The molecule has 1 aromatic rings. The first kappa shape index (κ1) is 15.6. The van der Waals surface area contributed by atoms with E-state index in [0.29, 0.717) is 0 Å². The molecule has 3 aliphatic rings. The van der Waals surface area contributed by atoms with Gasteiger partial charge >= 0.3 is 0 Å². The van der Waals surface area contributed by atoms with E-state index in [1.807, 2.05) is 0 Å². The first-order valence-corrected chi connectivity index (χ1v) is 9.60. The second kappa shape index (κ2) is 6.92. The minimum atomic E-state index is 0.758. The van der Waals surface area contributed by atoms with E-state index in [4.69, 9.17) is 0 Å². The summed E-state index contributed by atoms with van der Waals surface area (Å²) in [6, 6.07) is 10.6. The second-order valence-corrected chi connectivity index (χ2v) is 7.59. The average Bonchev–Trinajstić information content (AvgIpc) is 3.21. The predicted octanol–water partition coefficient (Wildman–Crippen LogP) is 2.26. The van der Waals surface area contributed by atoms with Gasteiger partial charge in [-0.1, -0.05) is 31.2 Å². The van der Waals surface area contributed by atoms with Gasteiger partial charge in [0.05, 0.1) is 0 Å². The van der Waals surface area contributed by atoms with Crippen LogP contribution in [0.3, 0.4) is 0 Å². The molecular formula is C20H31N3. The molecule has 0 radical (unpaired) electrons. The van der Waals surface area contributed by atoms with Gasteiger partial charge in [-0.15, -0.1) is 0 Å². The number of rotatable bonds is 4. The molecule has 0 saturated carbocycles. The van der Waals surface area contributed by atoms with E-state index in [9.17, 15) is 0 Å². The molecule has 3 heteroatoms. The lowest BCUT2D eigenvalue weighted by atomic mass is 10.1. The summed E-state index contributed by atoms with van der Waals surface area (Å²) in [5.74, 6) is 0. The molecule has 0 N–H and O–H groups in total. The van der Waals surface area contributed by atoms with Crippen LogP contribution in [0.15, 0.2) is 24.3 Å². The fourth-order valence-electron chi connectivity index (χ4n) is 4.92. The highest BCUT2D eigenvalue weighted by Crippen LogP contribution is 2.26. The van der Waals surface area contributed by atoms with Gasteiger partial charge in [-0.05, 0) is 49.9 Å². The van der Waals surface area contributed by atoms with Crippen molar-refractivity contribution in [2.24, 2.45) is 0 Å². The van der Waals surface area contributed by atoms with Crippen LogP contribution in [-0.4, -0.2) is 72.6 Å². The third-order valence-electron chi connectivity index (χ3n) is 6.33. The third-order valence-corrected chi connectivity index (χ3v) is 6.33. The molecule has 1 unspecified atom stereocenters. The zero-order chi connectivity index (χ0) is 15.6. The highest BCUT2D eigenvalue weighted by molar-refractivity contribution is 5.33. The largest absolute Gasteiger partial charge is 0.299 e. The summed E-state index contributed by atoms with van der Waals surface area (Å²) in [7, 11) is 0. The van der Waals surface area contributed by atoms with Crippen LogP contribution in [0, 0.1) is 0 Å². The number of hydrogen-bond acceptors (Lipinski definition) is 3. The zero-order valence-corrected chi connectivity index (χ0v) is 14.6. The van der Waals surface area contributed by atoms with E-state index in [-0.39, 0.29) is 0 Å². The van der Waals surface area contributed by atoms with Crippen LogP contribution in [0.4, 0.5) is 0 Å². The van der Waals surface area contributed by atoms with E-state index >= 15 is 0 Å². The van der Waals surface area contributed by atoms with E-state index < -0.39 is 0 Å². The van der Waals surface area contributed by atoms with Gasteiger partial charge in [-0.25, -0.2) is 0 Å². The van der Waals surface area contributed by atoms with Gasteiger partial charge in [-0.3, -0.25) is 14.7 Å². The monoisotopic (exact) mass is 313 g/mol. The molecule has 2 saturated heterocycles. The van der Waals surface area contributed by atoms with Crippen LogP contribution in [0.2, 0.25) is 0 Å². The quantitative estimate of drug-likeness (QED) is 0.844. The highest BCUT2D eigenvalue weighted by Gasteiger charge is 2.31. The van der Waals surface area contributed by atoms with E-state index in [1.165, 1.54) is 71.5 Å². The second-order valence-electron chi connectivity index (χ2n) is 7.59. The Bertz CT molecular complexity index is 496. The van der Waals surface area contributed by atoms with Crippen LogP contribution in [0.5, 0.6) is 0 Å². The maximum atomic E-state index is 2.75. The molecule has 2 fully saturated rings. The van der Waals surface area contributed by atoms with Crippen LogP contribution >= 0.6 is 0 Å². The Balaban J connectivity index is 1.27. The number of fused-ring (bicyclic) bond motifs is 1. The van der Waals surface area contributed by atoms with Crippen molar-refractivity contribution < 1.29 is 0 Å². The molecule has 1 atom stereocenters. The van der Waals surface area contributed by atoms with Gasteiger partial charge in [0.1, 0.15) is 0 Å². The van der Waals surface area contributed by atoms with Crippen molar-refractivity contribution in [1.82, 2.24) is 14.7 Å². The van der Waals surface area contributed by atoms with Crippen LogP contribution in [-0.2, 0) is 12.8 Å². The average molecular weight is 313 g/mol. The Morgan fingerprint density at radius 2 is 1.65 bits per heavy atom. The molecule has 0 aromatic heterocycles. The van der Waals surface area contributed by atoms with Crippen LogP contribution in [0.25, 0.3) is 0 Å². The molecule has 0 spiro atoms. The number of likely N-dealkylation sites (tertiary alicyclic amines) is 1. The smallest absolute Gasteiger partial charge is 0.0223 e. The molecule has 23 heavy (non-hydrogen) atoms. The number of likely N-dealkylation sites (N-methyl/N-ethyl adjacent to an activating group) is 1. The van der Waals surface area contributed by atoms with Gasteiger partial charge in [0.2, 0.25) is 0 Å². The van der Waals surface area contributed by atoms with Crippen LogP contribution < -0.4 is 0 Å². The van der Waals surface area contributed by atoms with Gasteiger partial charge < -0.3 is 0 Å². The van der Waals surface area contributed by atoms with Gasteiger partial charge in [0.15, 0.2) is 0 Å². The van der Waals surface area contributed by atoms with Crippen molar-refractivity contribution in [2.75, 3.05) is 45.8 Å². The third kappa shape index (κ3) is 3.33. The first-order valence-electron chi connectivity index (χ1n) is 9.60.